The number of halogens is 2. The highest BCUT2D eigenvalue weighted by molar-refractivity contribution is 9.09. The number of carbonyl (C=O) groups is 2. The summed E-state index contributed by atoms with van der Waals surface area (Å²) >= 11 is 8.50. The van der Waals surface area contributed by atoms with Crippen LogP contribution < -0.4 is 0 Å². The predicted molar refractivity (Wildman–Crippen MR) is 119 cm³/mol. The molecule has 3 nitrogen and oxygen atoms in total. The Morgan fingerprint density at radius 2 is 0.880 bits per heavy atom. The van der Waals surface area contributed by atoms with Crippen LogP contribution in [-0.4, -0.2) is 20.9 Å². The summed E-state index contributed by atoms with van der Waals surface area (Å²) in [7, 11) is 0. The second kappa shape index (κ2) is 21.3. The molecule has 0 aliphatic carbocycles. The van der Waals surface area contributed by atoms with Gasteiger partial charge in [0, 0.05) is 23.5 Å². The van der Waals surface area contributed by atoms with Crippen LogP contribution in [0, 0.1) is 0 Å². The molecule has 7 heteroatoms. The monoisotopic (exact) mass is 518 g/mol. The minimum Gasteiger partial charge on any atom is -0.285 e. The first-order chi connectivity index (χ1) is 12.2. The molecule has 0 unspecified atom stereocenters. The lowest BCUT2D eigenvalue weighted by atomic mass is 10.1. The second-order valence-electron chi connectivity index (χ2n) is 6.10. The largest absolute Gasteiger partial charge is 0.285 e. The van der Waals surface area contributed by atoms with Crippen LogP contribution in [0.5, 0.6) is 0 Å². The van der Waals surface area contributed by atoms with E-state index in [0.717, 1.165) is 60.4 Å². The third-order valence-electron chi connectivity index (χ3n) is 3.78. The highest BCUT2D eigenvalue weighted by Crippen LogP contribution is 2.21. The fourth-order valence-electron chi connectivity index (χ4n) is 2.32. The summed E-state index contributed by atoms with van der Waals surface area (Å²) < 4.78 is 5.10. The summed E-state index contributed by atoms with van der Waals surface area (Å²) in [5.41, 5.74) is 0. The minimum atomic E-state index is 0.0209. The van der Waals surface area contributed by atoms with Gasteiger partial charge in [-0.2, -0.15) is 0 Å². The molecule has 0 aliphatic heterocycles. The summed E-state index contributed by atoms with van der Waals surface area (Å²) in [6.07, 6.45) is 14.9. The summed E-state index contributed by atoms with van der Waals surface area (Å²) in [6, 6.07) is 0. The average Bonchev–Trinajstić information content (AvgIpc) is 2.60. The molecule has 0 saturated carbocycles. The van der Waals surface area contributed by atoms with Crippen LogP contribution in [0.2, 0.25) is 0 Å². The molecule has 0 bridgehead atoms. The quantitative estimate of drug-likeness (QED) is 0.106. The smallest absolute Gasteiger partial charge is 0.216 e. The molecule has 0 aromatic heterocycles. The lowest BCUT2D eigenvalue weighted by molar-refractivity contribution is -0.111. The first kappa shape index (κ1) is 26.0. The Balaban J connectivity index is 3.32. The lowest BCUT2D eigenvalue weighted by Gasteiger charge is -2.02. The van der Waals surface area contributed by atoms with Crippen LogP contribution in [0.15, 0.2) is 0 Å². The summed E-state index contributed by atoms with van der Waals surface area (Å²) in [6.45, 7) is 0. The zero-order valence-corrected chi connectivity index (χ0v) is 19.9. The van der Waals surface area contributed by atoms with E-state index >= 15 is 0 Å². The minimum absolute atomic E-state index is 0.0209. The van der Waals surface area contributed by atoms with E-state index < -0.39 is 0 Å². The molecule has 148 valence electrons. The van der Waals surface area contributed by atoms with Crippen molar-refractivity contribution in [3.8, 4) is 0 Å². The van der Waals surface area contributed by atoms with Crippen molar-refractivity contribution in [2.24, 2.45) is 0 Å². The Hall–Kier alpha value is 0.960. The summed E-state index contributed by atoms with van der Waals surface area (Å²) in [4.78, 5) is 23.3. The van der Waals surface area contributed by atoms with Gasteiger partial charge in [-0.15, -0.1) is 0 Å². The Bertz CT molecular complexity index is 301. The molecular weight excluding hydrogens is 488 g/mol. The topological polar surface area (TPSA) is 43.4 Å². The maximum atomic E-state index is 11.6. The van der Waals surface area contributed by atoms with E-state index in [1.54, 1.807) is 0 Å². The van der Waals surface area contributed by atoms with Gasteiger partial charge < -0.3 is 0 Å². The van der Waals surface area contributed by atoms with Gasteiger partial charge >= 0.3 is 0 Å². The van der Waals surface area contributed by atoms with Crippen LogP contribution >= 0.6 is 55.9 Å². The van der Waals surface area contributed by atoms with Gasteiger partial charge in [-0.05, 0) is 25.7 Å². The molecule has 0 rings (SSSR count). The molecule has 0 heterocycles. The van der Waals surface area contributed by atoms with Gasteiger partial charge in [0.25, 0.3) is 0 Å². The molecule has 0 saturated heterocycles. The number of hydrogen-bond acceptors (Lipinski definition) is 5. The molecule has 25 heavy (non-hydrogen) atoms. The van der Waals surface area contributed by atoms with Crippen LogP contribution in [0.25, 0.3) is 0 Å². The maximum absolute atomic E-state index is 11.6. The fraction of sp³-hybridized carbons (Fsp3) is 0.889. The predicted octanol–water partition coefficient (Wildman–Crippen LogP) is 7.60. The van der Waals surface area contributed by atoms with Crippen LogP contribution in [0.4, 0.5) is 0 Å². The molecule has 0 N–H and O–H groups in total. The van der Waals surface area contributed by atoms with Crippen molar-refractivity contribution < 1.29 is 13.2 Å². The van der Waals surface area contributed by atoms with E-state index in [2.05, 4.69) is 31.9 Å². The number of rotatable bonds is 18. The van der Waals surface area contributed by atoms with Crippen LogP contribution in [0.1, 0.15) is 89.9 Å². The van der Waals surface area contributed by atoms with Gasteiger partial charge in [-0.3, -0.25) is 9.59 Å². The molecule has 0 aliphatic rings. The van der Waals surface area contributed by atoms with E-state index in [4.69, 9.17) is 3.63 Å². The van der Waals surface area contributed by atoms with Gasteiger partial charge in [-0.25, -0.2) is 3.63 Å². The van der Waals surface area contributed by atoms with Gasteiger partial charge in [0.2, 0.25) is 10.2 Å². The molecule has 0 aromatic carbocycles. The van der Waals surface area contributed by atoms with Gasteiger partial charge in [0.05, 0.1) is 24.1 Å². The zero-order chi connectivity index (χ0) is 18.6. The average molecular weight is 520 g/mol. The number of unbranched alkanes of at least 4 members (excludes halogenated alkanes) is 10. The summed E-state index contributed by atoms with van der Waals surface area (Å²) in [5.74, 6) is 0. The van der Waals surface area contributed by atoms with Crippen LogP contribution in [-0.2, 0) is 13.2 Å². The van der Waals surface area contributed by atoms with Gasteiger partial charge in [0.15, 0.2) is 0 Å². The molecule has 0 amide bonds. The molecule has 0 radical (unpaired) electrons. The first-order valence-electron chi connectivity index (χ1n) is 9.39. The SMILES string of the molecule is O=C(CCCCCCCCBr)SOSC(=O)CCCCCCCCBr. The molecule has 0 atom stereocenters. The van der Waals surface area contributed by atoms with E-state index in [0.29, 0.717) is 12.8 Å². The number of carbonyl (C=O) groups excluding carboxylic acids is 2. The third-order valence-corrected chi connectivity index (χ3v) is 6.23. The van der Waals surface area contributed by atoms with Crippen LogP contribution in [0.3, 0.4) is 0 Å². The Morgan fingerprint density at radius 3 is 1.24 bits per heavy atom. The Morgan fingerprint density at radius 1 is 0.560 bits per heavy atom. The highest BCUT2D eigenvalue weighted by atomic mass is 79.9. The van der Waals surface area contributed by atoms with Gasteiger partial charge in [-0.1, -0.05) is 83.2 Å². The van der Waals surface area contributed by atoms with E-state index in [1.165, 1.54) is 51.4 Å². The van der Waals surface area contributed by atoms with Crippen molar-refractivity contribution in [1.29, 1.82) is 0 Å². The number of alkyl halides is 2. The van der Waals surface area contributed by atoms with E-state index in [9.17, 15) is 9.59 Å². The standard InChI is InChI=1S/C18H32Br2O3S2/c19-15-11-7-3-1-5-9-13-17(21)24-23-25-18(22)14-10-6-2-4-8-12-16-20/h1-16H2. The molecule has 0 spiro atoms. The van der Waals surface area contributed by atoms with Gasteiger partial charge in [0.1, 0.15) is 0 Å². The first-order valence-corrected chi connectivity index (χ1v) is 13.1. The Labute approximate surface area is 179 Å². The molecule has 0 fully saturated rings. The normalized spacial score (nSPS) is 11.0. The van der Waals surface area contributed by atoms with E-state index in [1.807, 2.05) is 0 Å². The van der Waals surface area contributed by atoms with Crippen molar-refractivity contribution in [3.05, 3.63) is 0 Å². The van der Waals surface area contributed by atoms with Crippen molar-refractivity contribution in [3.63, 3.8) is 0 Å². The Kier molecular flexibility index (Phi) is 22.1. The zero-order valence-electron chi connectivity index (χ0n) is 15.1. The lowest BCUT2D eigenvalue weighted by Crippen LogP contribution is -1.95. The van der Waals surface area contributed by atoms with Crippen molar-refractivity contribution in [2.75, 3.05) is 10.7 Å². The van der Waals surface area contributed by atoms with Crippen molar-refractivity contribution >= 4 is 66.2 Å². The van der Waals surface area contributed by atoms with E-state index in [-0.39, 0.29) is 10.2 Å². The number of hydrogen-bond donors (Lipinski definition) is 0. The molecular formula is C18H32Br2O3S2. The highest BCUT2D eigenvalue weighted by Gasteiger charge is 2.08. The van der Waals surface area contributed by atoms with Crippen molar-refractivity contribution in [2.45, 2.75) is 89.9 Å². The fourth-order valence-corrected chi connectivity index (χ4v) is 4.31. The molecule has 0 aromatic rings. The summed E-state index contributed by atoms with van der Waals surface area (Å²) in [5, 5.41) is 2.20. The van der Waals surface area contributed by atoms with Crippen molar-refractivity contribution in [1.82, 2.24) is 0 Å². The second-order valence-corrected chi connectivity index (χ2v) is 9.47. The third kappa shape index (κ3) is 21.1. The maximum Gasteiger partial charge on any atom is 0.216 e.